The number of nitrogens with one attached hydrogen (secondary N) is 2. The van der Waals surface area contributed by atoms with Crippen LogP contribution < -0.4 is 10.6 Å². The maximum atomic E-state index is 11.5. The molecule has 4 nitrogen and oxygen atoms in total. The predicted octanol–water partition coefficient (Wildman–Crippen LogP) is 1.20. The second-order valence-electron chi connectivity index (χ2n) is 4.47. The number of hydrogen-bond acceptors (Lipinski definition) is 3. The van der Waals surface area contributed by atoms with Gasteiger partial charge in [0.15, 0.2) is 0 Å². The molecule has 3 N–H and O–H groups in total. The van der Waals surface area contributed by atoms with Crippen LogP contribution >= 0.6 is 11.8 Å². The van der Waals surface area contributed by atoms with Gasteiger partial charge in [-0.1, -0.05) is 6.42 Å². The summed E-state index contributed by atoms with van der Waals surface area (Å²) in [5, 5.41) is 15.3. The lowest BCUT2D eigenvalue weighted by atomic mass is 10.1. The molecule has 5 heteroatoms. The molecule has 1 aliphatic rings. The van der Waals surface area contributed by atoms with E-state index in [0.29, 0.717) is 6.54 Å². The standard InChI is InChI=1S/C11H22N2O2S/c1-8(7-16-2)13-11(15)12-6-9-4-3-5-10(9)14/h8-10,14H,3-7H2,1-2H3,(H2,12,13,15). The van der Waals surface area contributed by atoms with E-state index in [1.807, 2.05) is 13.2 Å². The zero-order chi connectivity index (χ0) is 12.0. The summed E-state index contributed by atoms with van der Waals surface area (Å²) in [6, 6.07) is 0.0594. The SMILES string of the molecule is CSCC(C)NC(=O)NCC1CCCC1O. The van der Waals surface area contributed by atoms with Gasteiger partial charge in [-0.25, -0.2) is 4.79 Å². The van der Waals surface area contributed by atoms with Gasteiger partial charge in [-0.2, -0.15) is 11.8 Å². The summed E-state index contributed by atoms with van der Waals surface area (Å²) in [7, 11) is 0. The van der Waals surface area contributed by atoms with E-state index >= 15 is 0 Å². The second kappa shape index (κ2) is 7.01. The molecule has 0 aromatic rings. The molecule has 1 aliphatic carbocycles. The van der Waals surface area contributed by atoms with Crippen LogP contribution in [0.1, 0.15) is 26.2 Å². The van der Waals surface area contributed by atoms with Crippen molar-refractivity contribution in [3.05, 3.63) is 0 Å². The maximum Gasteiger partial charge on any atom is 0.315 e. The lowest BCUT2D eigenvalue weighted by molar-refractivity contribution is 0.132. The van der Waals surface area contributed by atoms with Crippen LogP contribution in [-0.4, -0.2) is 41.8 Å². The molecule has 0 radical (unpaired) electrons. The highest BCUT2D eigenvalue weighted by Crippen LogP contribution is 2.24. The molecule has 0 aliphatic heterocycles. The summed E-state index contributed by atoms with van der Waals surface area (Å²) in [4.78, 5) is 11.5. The first kappa shape index (κ1) is 13.6. The van der Waals surface area contributed by atoms with Gasteiger partial charge in [-0.3, -0.25) is 0 Å². The van der Waals surface area contributed by atoms with Crippen LogP contribution in [0.25, 0.3) is 0 Å². The fourth-order valence-electron chi connectivity index (χ4n) is 2.05. The van der Waals surface area contributed by atoms with E-state index < -0.39 is 0 Å². The Balaban J connectivity index is 2.14. The van der Waals surface area contributed by atoms with E-state index in [0.717, 1.165) is 25.0 Å². The number of hydrogen-bond donors (Lipinski definition) is 3. The van der Waals surface area contributed by atoms with Crippen LogP contribution in [0, 0.1) is 5.92 Å². The van der Waals surface area contributed by atoms with Crippen molar-refractivity contribution >= 4 is 17.8 Å². The largest absolute Gasteiger partial charge is 0.393 e. The van der Waals surface area contributed by atoms with Crippen LogP contribution in [0.5, 0.6) is 0 Å². The quantitative estimate of drug-likeness (QED) is 0.683. The molecule has 1 fully saturated rings. The molecular weight excluding hydrogens is 224 g/mol. The highest BCUT2D eigenvalue weighted by molar-refractivity contribution is 7.98. The topological polar surface area (TPSA) is 61.4 Å². The third-order valence-electron chi connectivity index (χ3n) is 2.94. The Morgan fingerprint density at radius 2 is 2.31 bits per heavy atom. The molecule has 0 heterocycles. The molecular formula is C11H22N2O2S. The minimum atomic E-state index is -0.232. The maximum absolute atomic E-state index is 11.5. The monoisotopic (exact) mass is 246 g/mol. The highest BCUT2D eigenvalue weighted by Gasteiger charge is 2.25. The number of aliphatic hydroxyl groups is 1. The number of aliphatic hydroxyl groups excluding tert-OH is 1. The van der Waals surface area contributed by atoms with Gasteiger partial charge in [-0.15, -0.1) is 0 Å². The molecule has 0 spiro atoms. The van der Waals surface area contributed by atoms with Crippen molar-refractivity contribution < 1.29 is 9.90 Å². The summed E-state index contributed by atoms with van der Waals surface area (Å²) < 4.78 is 0. The molecule has 1 saturated carbocycles. The van der Waals surface area contributed by atoms with E-state index in [1.54, 1.807) is 11.8 Å². The Hall–Kier alpha value is -0.420. The van der Waals surface area contributed by atoms with Crippen molar-refractivity contribution in [1.29, 1.82) is 0 Å². The third kappa shape index (κ3) is 4.61. The summed E-state index contributed by atoms with van der Waals surface area (Å²) in [5.74, 6) is 1.15. The Labute approximate surface area is 102 Å². The number of carbonyl (C=O) groups is 1. The lowest BCUT2D eigenvalue weighted by Gasteiger charge is -2.17. The Morgan fingerprint density at radius 1 is 1.56 bits per heavy atom. The first-order chi connectivity index (χ1) is 7.63. The van der Waals surface area contributed by atoms with Crippen molar-refractivity contribution in [2.24, 2.45) is 5.92 Å². The highest BCUT2D eigenvalue weighted by atomic mass is 32.2. The van der Waals surface area contributed by atoms with Crippen molar-refractivity contribution in [2.45, 2.75) is 38.3 Å². The van der Waals surface area contributed by atoms with E-state index in [9.17, 15) is 9.90 Å². The Kier molecular flexibility index (Phi) is 5.98. The predicted molar refractivity (Wildman–Crippen MR) is 67.7 cm³/mol. The number of amides is 2. The smallest absolute Gasteiger partial charge is 0.315 e. The fraction of sp³-hybridized carbons (Fsp3) is 0.909. The van der Waals surface area contributed by atoms with Gasteiger partial charge in [0.05, 0.1) is 6.10 Å². The van der Waals surface area contributed by atoms with E-state index in [2.05, 4.69) is 10.6 Å². The molecule has 94 valence electrons. The molecule has 3 atom stereocenters. The minimum Gasteiger partial charge on any atom is -0.393 e. The number of thioether (sulfide) groups is 1. The molecule has 0 bridgehead atoms. The molecule has 16 heavy (non-hydrogen) atoms. The van der Waals surface area contributed by atoms with Gasteiger partial charge >= 0.3 is 6.03 Å². The third-order valence-corrected chi connectivity index (χ3v) is 3.77. The first-order valence-electron chi connectivity index (χ1n) is 5.85. The van der Waals surface area contributed by atoms with Gasteiger partial charge in [0.2, 0.25) is 0 Å². The summed E-state index contributed by atoms with van der Waals surface area (Å²) in [6.45, 7) is 2.57. The second-order valence-corrected chi connectivity index (χ2v) is 5.38. The van der Waals surface area contributed by atoms with Crippen molar-refractivity contribution in [1.82, 2.24) is 10.6 Å². The van der Waals surface area contributed by atoms with E-state index in [-0.39, 0.29) is 24.1 Å². The fourth-order valence-corrected chi connectivity index (χ4v) is 2.63. The molecule has 1 rings (SSSR count). The van der Waals surface area contributed by atoms with Gasteiger partial charge < -0.3 is 15.7 Å². The Bertz CT molecular complexity index is 226. The average Bonchev–Trinajstić information content (AvgIpc) is 2.61. The number of carbonyl (C=O) groups excluding carboxylic acids is 1. The van der Waals surface area contributed by atoms with Crippen LogP contribution in [0.3, 0.4) is 0 Å². The minimum absolute atomic E-state index is 0.124. The molecule has 0 aromatic carbocycles. The van der Waals surface area contributed by atoms with Crippen molar-refractivity contribution in [3.63, 3.8) is 0 Å². The van der Waals surface area contributed by atoms with Crippen molar-refractivity contribution in [2.75, 3.05) is 18.6 Å². The molecule has 2 amide bonds. The molecule has 3 unspecified atom stereocenters. The van der Waals surface area contributed by atoms with Gasteiger partial charge in [0, 0.05) is 24.3 Å². The Morgan fingerprint density at radius 3 is 2.88 bits per heavy atom. The lowest BCUT2D eigenvalue weighted by Crippen LogP contribution is -2.44. The van der Waals surface area contributed by atoms with E-state index in [1.165, 1.54) is 0 Å². The van der Waals surface area contributed by atoms with Crippen molar-refractivity contribution in [3.8, 4) is 0 Å². The normalized spacial score (nSPS) is 26.4. The van der Waals surface area contributed by atoms with Gasteiger partial charge in [0.1, 0.15) is 0 Å². The number of rotatable bonds is 5. The zero-order valence-electron chi connectivity index (χ0n) is 10.0. The van der Waals surface area contributed by atoms with Gasteiger partial charge in [-0.05, 0) is 26.0 Å². The first-order valence-corrected chi connectivity index (χ1v) is 7.24. The molecule has 0 saturated heterocycles. The van der Waals surface area contributed by atoms with Crippen LogP contribution in [-0.2, 0) is 0 Å². The molecule has 0 aromatic heterocycles. The summed E-state index contributed by atoms with van der Waals surface area (Å²) in [6.07, 6.45) is 4.74. The number of urea groups is 1. The van der Waals surface area contributed by atoms with Crippen LogP contribution in [0.2, 0.25) is 0 Å². The average molecular weight is 246 g/mol. The van der Waals surface area contributed by atoms with E-state index in [4.69, 9.17) is 0 Å². The van der Waals surface area contributed by atoms with Crippen LogP contribution in [0.4, 0.5) is 4.79 Å². The zero-order valence-corrected chi connectivity index (χ0v) is 10.8. The summed E-state index contributed by atoms with van der Waals surface area (Å²) >= 11 is 1.71. The van der Waals surface area contributed by atoms with Crippen LogP contribution in [0.15, 0.2) is 0 Å². The summed E-state index contributed by atoms with van der Waals surface area (Å²) in [5.41, 5.74) is 0. The van der Waals surface area contributed by atoms with Gasteiger partial charge in [0.25, 0.3) is 0 Å².